The zero-order chi connectivity index (χ0) is 8.15. The van der Waals surface area contributed by atoms with Crippen molar-refractivity contribution in [1.82, 2.24) is 0 Å². The van der Waals surface area contributed by atoms with Crippen LogP contribution >= 0.6 is 0 Å². The number of carbonyl (C=O) groups excluding carboxylic acids is 1. The van der Waals surface area contributed by atoms with Crippen molar-refractivity contribution < 1.29 is 96.2 Å². The molecule has 0 aliphatic heterocycles. The molecule has 0 heterocycles. The van der Waals surface area contributed by atoms with Gasteiger partial charge in [-0.25, -0.2) is 4.79 Å². The summed E-state index contributed by atoms with van der Waals surface area (Å²) in [6.07, 6.45) is -1.59. The van der Waals surface area contributed by atoms with Gasteiger partial charge in [-0.05, 0) is 0 Å². The summed E-state index contributed by atoms with van der Waals surface area (Å²) < 4.78 is 6.98. The van der Waals surface area contributed by atoms with Crippen LogP contribution in [-0.4, -0.2) is 40.9 Å². The third kappa shape index (κ3) is 13.8. The van der Waals surface area contributed by atoms with Gasteiger partial charge < -0.3 is 32.3 Å². The Morgan fingerprint density at radius 2 is 1.25 bits per heavy atom. The van der Waals surface area contributed by atoms with E-state index in [0.717, 1.165) is 0 Å². The number of rotatable bonds is 2. The van der Waals surface area contributed by atoms with E-state index < -0.39 is 20.8 Å². The zero-order valence-corrected chi connectivity index (χ0v) is 10.7. The monoisotopic (exact) mass is 198 g/mol. The molecule has 0 atom stereocenters. The molecule has 0 aromatic carbocycles. The van der Waals surface area contributed by atoms with Gasteiger partial charge in [-0.15, -0.1) is 0 Å². The first kappa shape index (κ1) is 18.9. The molecule has 7 nitrogen and oxygen atoms in total. The van der Waals surface area contributed by atoms with Gasteiger partial charge in [-0.1, -0.05) is 0 Å². The molecule has 0 spiro atoms. The van der Waals surface area contributed by atoms with E-state index in [1.807, 2.05) is 0 Å². The minimum atomic E-state index is -2.33. The van der Waals surface area contributed by atoms with E-state index in [1.54, 1.807) is 0 Å². The molecule has 12 heavy (non-hydrogen) atoms. The first-order chi connectivity index (χ1) is 4.52. The minimum absolute atomic E-state index is 0. The zero-order valence-electron chi connectivity index (χ0n) is 8.67. The SMILES string of the molecule is O=C(OB(O)O)OB(O)O.[H-].[H-].[Na+].[Na+]. The predicted molar refractivity (Wildman–Crippen MR) is 30.2 cm³/mol. The van der Waals surface area contributed by atoms with Crippen molar-refractivity contribution in [2.75, 3.05) is 0 Å². The summed E-state index contributed by atoms with van der Waals surface area (Å²) in [5, 5.41) is 31.6. The van der Waals surface area contributed by atoms with Crippen LogP contribution in [0.3, 0.4) is 0 Å². The van der Waals surface area contributed by atoms with E-state index in [9.17, 15) is 4.79 Å². The summed E-state index contributed by atoms with van der Waals surface area (Å²) >= 11 is 0. The van der Waals surface area contributed by atoms with Gasteiger partial charge >= 0.3 is 79.9 Å². The summed E-state index contributed by atoms with van der Waals surface area (Å²) in [5.74, 6) is 0. The van der Waals surface area contributed by atoms with Crippen LogP contribution < -0.4 is 59.1 Å². The van der Waals surface area contributed by atoms with Gasteiger partial charge in [0, 0.05) is 0 Å². The third-order valence-corrected chi connectivity index (χ3v) is 0.403. The Hall–Kier alpha value is 1.24. The molecule has 0 fully saturated rings. The molecule has 11 heteroatoms. The molecular weight excluding hydrogens is 192 g/mol. The maximum Gasteiger partial charge on any atom is 1.00 e. The van der Waals surface area contributed by atoms with E-state index in [1.165, 1.54) is 0 Å². The molecule has 60 valence electrons. The van der Waals surface area contributed by atoms with E-state index in [0.29, 0.717) is 0 Å². The molecule has 0 bridgehead atoms. The van der Waals surface area contributed by atoms with E-state index in [4.69, 9.17) is 20.1 Å². The van der Waals surface area contributed by atoms with Crippen LogP contribution in [-0.2, 0) is 9.31 Å². The largest absolute Gasteiger partial charge is 1.00 e. The van der Waals surface area contributed by atoms with Crippen molar-refractivity contribution in [3.05, 3.63) is 0 Å². The maximum atomic E-state index is 9.98. The Kier molecular flexibility index (Phi) is 16.3. The van der Waals surface area contributed by atoms with Crippen molar-refractivity contribution in [2.24, 2.45) is 0 Å². The van der Waals surface area contributed by atoms with Crippen LogP contribution in [0.4, 0.5) is 4.79 Å². The van der Waals surface area contributed by atoms with Crippen molar-refractivity contribution in [1.29, 1.82) is 0 Å². The fourth-order valence-corrected chi connectivity index (χ4v) is 0.200. The molecule has 0 saturated heterocycles. The van der Waals surface area contributed by atoms with Gasteiger partial charge in [0.2, 0.25) is 0 Å². The van der Waals surface area contributed by atoms with Gasteiger partial charge in [0.1, 0.15) is 0 Å². The third-order valence-electron chi connectivity index (χ3n) is 0.403. The van der Waals surface area contributed by atoms with E-state index in [-0.39, 0.29) is 62.0 Å². The molecule has 0 aliphatic carbocycles. The smallest absolute Gasteiger partial charge is 1.00 e. The molecule has 0 radical (unpaired) electrons. The average molecular weight is 198 g/mol. The number of hydrogen-bond acceptors (Lipinski definition) is 7. The molecule has 0 aliphatic rings. The van der Waals surface area contributed by atoms with Gasteiger partial charge in [-0.2, -0.15) is 0 Å². The second-order valence-electron chi connectivity index (χ2n) is 1.14. The van der Waals surface area contributed by atoms with Crippen molar-refractivity contribution >= 4 is 20.8 Å². The second-order valence-corrected chi connectivity index (χ2v) is 1.14. The van der Waals surface area contributed by atoms with Crippen LogP contribution in [0, 0.1) is 0 Å². The van der Waals surface area contributed by atoms with E-state index in [2.05, 4.69) is 9.31 Å². The predicted octanol–water partition coefficient (Wildman–Crippen LogP) is -8.69. The Morgan fingerprint density at radius 1 is 1.00 bits per heavy atom. The first-order valence-electron chi connectivity index (χ1n) is 2.12. The van der Waals surface area contributed by atoms with Gasteiger partial charge in [0.05, 0.1) is 0 Å². The standard InChI is InChI=1S/CH4B2O7.2Na.2H/c4-1(9-2(5)6)10-3(7)8;;;;/h5-8H;;;;/q;2*+1;2*-1. The maximum absolute atomic E-state index is 9.98. The molecule has 0 unspecified atom stereocenters. The Bertz CT molecular complexity index is 114. The molecule has 0 saturated carbocycles. The Balaban J connectivity index is -0.0000000675. The Labute approximate surface area is 116 Å². The van der Waals surface area contributed by atoms with Gasteiger partial charge in [0.25, 0.3) is 0 Å². The summed E-state index contributed by atoms with van der Waals surface area (Å²) in [6.45, 7) is 0. The van der Waals surface area contributed by atoms with Crippen molar-refractivity contribution in [3.8, 4) is 0 Å². The van der Waals surface area contributed by atoms with E-state index >= 15 is 0 Å². The summed E-state index contributed by atoms with van der Waals surface area (Å²) in [7, 11) is -4.66. The quantitative estimate of drug-likeness (QED) is 0.325. The number of carbonyl (C=O) groups is 1. The molecular formula is CH6B2Na2O7. The fraction of sp³-hybridized carbons (Fsp3) is 0. The molecule has 0 aromatic heterocycles. The van der Waals surface area contributed by atoms with Gasteiger partial charge in [0.15, 0.2) is 0 Å². The molecule has 4 N–H and O–H groups in total. The normalized spacial score (nSPS) is 7.00. The molecule has 0 rings (SSSR count). The second kappa shape index (κ2) is 10.3. The van der Waals surface area contributed by atoms with Crippen LogP contribution in [0.15, 0.2) is 0 Å². The first-order valence-corrected chi connectivity index (χ1v) is 2.12. The number of hydrogen-bond donors (Lipinski definition) is 4. The van der Waals surface area contributed by atoms with Crippen LogP contribution in [0.2, 0.25) is 0 Å². The van der Waals surface area contributed by atoms with Crippen molar-refractivity contribution in [2.45, 2.75) is 0 Å². The average Bonchev–Trinajstić information content (AvgIpc) is 1.58. The topological polar surface area (TPSA) is 116 Å². The van der Waals surface area contributed by atoms with Gasteiger partial charge in [-0.3, -0.25) is 0 Å². The minimum Gasteiger partial charge on any atom is -1.00 e. The summed E-state index contributed by atoms with van der Waals surface area (Å²) in [6, 6.07) is 0. The fourth-order valence-electron chi connectivity index (χ4n) is 0.200. The molecule has 0 aromatic rings. The molecule has 0 amide bonds. The summed E-state index contributed by atoms with van der Waals surface area (Å²) in [4.78, 5) is 9.98. The van der Waals surface area contributed by atoms with Crippen LogP contribution in [0.25, 0.3) is 0 Å². The van der Waals surface area contributed by atoms with Crippen LogP contribution in [0.5, 0.6) is 0 Å². The van der Waals surface area contributed by atoms with Crippen LogP contribution in [0.1, 0.15) is 2.85 Å². The Morgan fingerprint density at radius 3 is 1.42 bits per heavy atom. The summed E-state index contributed by atoms with van der Waals surface area (Å²) in [5.41, 5.74) is 0. The van der Waals surface area contributed by atoms with Crippen molar-refractivity contribution in [3.63, 3.8) is 0 Å².